The molecular formula is C16H26N4O2. The van der Waals surface area contributed by atoms with Crippen LogP contribution in [0.3, 0.4) is 0 Å². The molecule has 122 valence electrons. The Labute approximate surface area is 131 Å². The van der Waals surface area contributed by atoms with Gasteiger partial charge in [-0.25, -0.2) is 0 Å². The van der Waals surface area contributed by atoms with Crippen LogP contribution < -0.4 is 0 Å². The summed E-state index contributed by atoms with van der Waals surface area (Å²) in [4.78, 5) is 17.0. The van der Waals surface area contributed by atoms with Crippen LogP contribution in [0.1, 0.15) is 37.9 Å². The molecule has 1 amide bonds. The number of piperidine rings is 1. The molecule has 2 aliphatic heterocycles. The summed E-state index contributed by atoms with van der Waals surface area (Å²) in [6.45, 7) is 7.28. The zero-order chi connectivity index (χ0) is 15.4. The molecule has 0 spiro atoms. The van der Waals surface area contributed by atoms with Crippen LogP contribution >= 0.6 is 0 Å². The van der Waals surface area contributed by atoms with Crippen molar-refractivity contribution in [3.8, 4) is 0 Å². The van der Waals surface area contributed by atoms with Gasteiger partial charge in [-0.2, -0.15) is 5.10 Å². The Kier molecular flexibility index (Phi) is 5.10. The second kappa shape index (κ2) is 7.24. The Balaban J connectivity index is 1.53. The fraction of sp³-hybridized carbons (Fsp3) is 0.750. The third-order valence-electron chi connectivity index (χ3n) is 4.85. The lowest BCUT2D eigenvalue weighted by Crippen LogP contribution is -2.45. The van der Waals surface area contributed by atoms with Gasteiger partial charge in [0.25, 0.3) is 0 Å². The summed E-state index contributed by atoms with van der Waals surface area (Å²) in [6.07, 6.45) is 4.82. The normalized spacial score (nSPS) is 24.6. The molecular weight excluding hydrogens is 280 g/mol. The minimum Gasteiger partial charge on any atom is -0.377 e. The molecule has 2 aliphatic rings. The molecule has 6 heteroatoms. The number of H-pyrrole nitrogens is 1. The number of rotatable bonds is 4. The van der Waals surface area contributed by atoms with Gasteiger partial charge in [0.15, 0.2) is 0 Å². The standard InChI is InChI=1S/C16H26N4O2/c1-13-3-7-19(8-4-13)9-5-16(21)20-10-11-22-12-15(20)14-2-6-17-18-14/h2,6,13,15H,3-5,7-12H2,1H3,(H,17,18)/t15-/m0/s1. The van der Waals surface area contributed by atoms with E-state index in [-0.39, 0.29) is 11.9 Å². The molecule has 2 saturated heterocycles. The molecule has 0 aromatic carbocycles. The maximum Gasteiger partial charge on any atom is 0.224 e. The zero-order valence-electron chi connectivity index (χ0n) is 13.3. The Hall–Kier alpha value is -1.40. The molecule has 2 fully saturated rings. The molecule has 0 saturated carbocycles. The van der Waals surface area contributed by atoms with E-state index in [2.05, 4.69) is 22.0 Å². The molecule has 3 rings (SSSR count). The number of hydrogen-bond acceptors (Lipinski definition) is 4. The predicted molar refractivity (Wildman–Crippen MR) is 83.3 cm³/mol. The van der Waals surface area contributed by atoms with E-state index in [4.69, 9.17) is 4.74 Å². The summed E-state index contributed by atoms with van der Waals surface area (Å²) < 4.78 is 5.54. The molecule has 3 heterocycles. The second-order valence-corrected chi connectivity index (χ2v) is 6.46. The number of hydrogen-bond donors (Lipinski definition) is 1. The molecule has 6 nitrogen and oxygen atoms in total. The van der Waals surface area contributed by atoms with Gasteiger partial charge in [0.1, 0.15) is 0 Å². The van der Waals surface area contributed by atoms with Gasteiger partial charge in [-0.05, 0) is 37.9 Å². The summed E-state index contributed by atoms with van der Waals surface area (Å²) >= 11 is 0. The summed E-state index contributed by atoms with van der Waals surface area (Å²) in [5.41, 5.74) is 0.958. The average Bonchev–Trinajstić information content (AvgIpc) is 3.08. The van der Waals surface area contributed by atoms with Crippen molar-refractivity contribution in [1.82, 2.24) is 20.0 Å². The van der Waals surface area contributed by atoms with Crippen LogP contribution in [-0.2, 0) is 9.53 Å². The minimum atomic E-state index is -0.0230. The second-order valence-electron chi connectivity index (χ2n) is 6.46. The van der Waals surface area contributed by atoms with Crippen molar-refractivity contribution in [2.24, 2.45) is 5.92 Å². The van der Waals surface area contributed by atoms with Gasteiger partial charge in [-0.15, -0.1) is 0 Å². The number of aromatic amines is 1. The Morgan fingerprint density at radius 3 is 2.95 bits per heavy atom. The lowest BCUT2D eigenvalue weighted by Gasteiger charge is -2.36. The fourth-order valence-corrected chi connectivity index (χ4v) is 3.30. The first-order valence-corrected chi connectivity index (χ1v) is 8.33. The van der Waals surface area contributed by atoms with Gasteiger partial charge in [-0.1, -0.05) is 6.92 Å². The fourth-order valence-electron chi connectivity index (χ4n) is 3.30. The highest BCUT2D eigenvalue weighted by molar-refractivity contribution is 5.77. The highest BCUT2D eigenvalue weighted by Gasteiger charge is 2.29. The van der Waals surface area contributed by atoms with Crippen LogP contribution in [0, 0.1) is 5.92 Å². The highest BCUT2D eigenvalue weighted by Crippen LogP contribution is 2.23. The van der Waals surface area contributed by atoms with Crippen molar-refractivity contribution in [2.75, 3.05) is 39.4 Å². The van der Waals surface area contributed by atoms with Gasteiger partial charge in [0.2, 0.25) is 5.91 Å². The zero-order valence-corrected chi connectivity index (χ0v) is 13.3. The van der Waals surface area contributed by atoms with Crippen LogP contribution in [0.5, 0.6) is 0 Å². The van der Waals surface area contributed by atoms with E-state index in [1.807, 2.05) is 11.0 Å². The van der Waals surface area contributed by atoms with Crippen molar-refractivity contribution < 1.29 is 9.53 Å². The van der Waals surface area contributed by atoms with E-state index < -0.39 is 0 Å². The molecule has 1 aromatic heterocycles. The van der Waals surface area contributed by atoms with Crippen LogP contribution in [0.25, 0.3) is 0 Å². The van der Waals surface area contributed by atoms with E-state index >= 15 is 0 Å². The van der Waals surface area contributed by atoms with Gasteiger partial charge < -0.3 is 14.5 Å². The van der Waals surface area contributed by atoms with Gasteiger partial charge in [0, 0.05) is 25.7 Å². The molecule has 0 unspecified atom stereocenters. The largest absolute Gasteiger partial charge is 0.377 e. The average molecular weight is 306 g/mol. The van der Waals surface area contributed by atoms with Crippen molar-refractivity contribution in [3.63, 3.8) is 0 Å². The molecule has 1 N–H and O–H groups in total. The minimum absolute atomic E-state index is 0.0230. The Morgan fingerprint density at radius 2 is 2.23 bits per heavy atom. The highest BCUT2D eigenvalue weighted by atomic mass is 16.5. The van der Waals surface area contributed by atoms with Crippen LogP contribution in [0.15, 0.2) is 12.3 Å². The number of aromatic nitrogens is 2. The monoisotopic (exact) mass is 306 g/mol. The summed E-state index contributed by atoms with van der Waals surface area (Å²) in [6, 6.07) is 1.90. The number of amides is 1. The molecule has 22 heavy (non-hydrogen) atoms. The number of nitrogens with zero attached hydrogens (tertiary/aromatic N) is 3. The third-order valence-corrected chi connectivity index (χ3v) is 4.85. The predicted octanol–water partition coefficient (Wildman–Crippen LogP) is 1.43. The number of nitrogens with one attached hydrogen (secondary N) is 1. The third kappa shape index (κ3) is 3.67. The van der Waals surface area contributed by atoms with E-state index in [1.165, 1.54) is 12.8 Å². The SMILES string of the molecule is CC1CCN(CCC(=O)N2CCOC[C@H]2c2ccn[nH]2)CC1. The number of ether oxygens (including phenoxy) is 1. The van der Waals surface area contributed by atoms with Crippen molar-refractivity contribution in [3.05, 3.63) is 18.0 Å². The molecule has 1 atom stereocenters. The molecule has 0 radical (unpaired) electrons. The molecule has 0 aliphatic carbocycles. The molecule has 0 bridgehead atoms. The smallest absolute Gasteiger partial charge is 0.224 e. The summed E-state index contributed by atoms with van der Waals surface area (Å²) in [7, 11) is 0. The Morgan fingerprint density at radius 1 is 1.41 bits per heavy atom. The van der Waals surface area contributed by atoms with E-state index in [0.717, 1.165) is 31.2 Å². The first kappa shape index (κ1) is 15.5. The van der Waals surface area contributed by atoms with Crippen LogP contribution in [-0.4, -0.2) is 65.3 Å². The summed E-state index contributed by atoms with van der Waals surface area (Å²) in [5, 5.41) is 6.96. The molecule has 1 aromatic rings. The van der Waals surface area contributed by atoms with E-state index in [1.54, 1.807) is 6.20 Å². The van der Waals surface area contributed by atoms with E-state index in [0.29, 0.717) is 26.2 Å². The van der Waals surface area contributed by atoms with Crippen LogP contribution in [0.2, 0.25) is 0 Å². The first-order chi connectivity index (χ1) is 10.7. The summed E-state index contributed by atoms with van der Waals surface area (Å²) in [5.74, 6) is 1.05. The van der Waals surface area contributed by atoms with Crippen molar-refractivity contribution in [2.45, 2.75) is 32.2 Å². The maximum atomic E-state index is 12.6. The lowest BCUT2D eigenvalue weighted by molar-refractivity contribution is -0.140. The van der Waals surface area contributed by atoms with Crippen molar-refractivity contribution >= 4 is 5.91 Å². The van der Waals surface area contributed by atoms with Crippen molar-refractivity contribution in [1.29, 1.82) is 0 Å². The maximum absolute atomic E-state index is 12.6. The van der Waals surface area contributed by atoms with Gasteiger partial charge in [-0.3, -0.25) is 9.89 Å². The quantitative estimate of drug-likeness (QED) is 0.914. The topological polar surface area (TPSA) is 61.5 Å². The van der Waals surface area contributed by atoms with Gasteiger partial charge >= 0.3 is 0 Å². The van der Waals surface area contributed by atoms with Gasteiger partial charge in [0.05, 0.1) is 24.9 Å². The lowest BCUT2D eigenvalue weighted by atomic mass is 9.99. The first-order valence-electron chi connectivity index (χ1n) is 8.33. The Bertz CT molecular complexity index is 469. The number of carbonyl (C=O) groups is 1. The number of carbonyl (C=O) groups excluding carboxylic acids is 1. The van der Waals surface area contributed by atoms with Crippen LogP contribution in [0.4, 0.5) is 0 Å². The number of likely N-dealkylation sites (tertiary alicyclic amines) is 1. The van der Waals surface area contributed by atoms with E-state index in [9.17, 15) is 4.79 Å². The number of morpholine rings is 1.